The van der Waals surface area contributed by atoms with E-state index in [1.165, 1.54) is 4.90 Å². The van der Waals surface area contributed by atoms with Gasteiger partial charge < -0.3 is 4.90 Å². The number of hydrogen-bond donors (Lipinski definition) is 0. The minimum absolute atomic E-state index is 0.163. The van der Waals surface area contributed by atoms with Gasteiger partial charge in [-0.1, -0.05) is 23.7 Å². The average Bonchev–Trinajstić information content (AvgIpc) is 2.97. The molecule has 1 atom stereocenters. The molecule has 3 heterocycles. The number of carbonyl (C=O) groups excluding carboxylic acids is 2. The number of anilines is 2. The molecular formula is C19H19ClN4O2. The average molecular weight is 371 g/mol. The molecule has 2 amide bonds. The Balaban J connectivity index is 1.45. The van der Waals surface area contributed by atoms with Gasteiger partial charge in [-0.3, -0.25) is 14.5 Å². The summed E-state index contributed by atoms with van der Waals surface area (Å²) in [5, 5.41) is 0.510. The molecule has 0 radical (unpaired) electrons. The first-order chi connectivity index (χ1) is 12.6. The summed E-state index contributed by atoms with van der Waals surface area (Å²) in [4.78, 5) is 35.3. The molecule has 1 aromatic heterocycles. The Morgan fingerprint density at radius 3 is 2.50 bits per heavy atom. The molecule has 0 N–H and O–H groups in total. The molecule has 4 rings (SSSR count). The van der Waals surface area contributed by atoms with Crippen LogP contribution in [0.1, 0.15) is 6.42 Å². The van der Waals surface area contributed by atoms with Crippen molar-refractivity contribution < 1.29 is 9.59 Å². The zero-order valence-electron chi connectivity index (χ0n) is 14.2. The normalized spacial score (nSPS) is 21.5. The number of hydrogen-bond acceptors (Lipinski definition) is 5. The number of piperazine rings is 1. The van der Waals surface area contributed by atoms with E-state index in [9.17, 15) is 9.59 Å². The lowest BCUT2D eigenvalue weighted by Crippen LogP contribution is -2.52. The van der Waals surface area contributed by atoms with Gasteiger partial charge in [0, 0.05) is 37.4 Å². The third-order valence-electron chi connectivity index (χ3n) is 4.92. The van der Waals surface area contributed by atoms with Crippen LogP contribution in [0.3, 0.4) is 0 Å². The van der Waals surface area contributed by atoms with Crippen LogP contribution in [0.5, 0.6) is 0 Å². The van der Waals surface area contributed by atoms with Crippen LogP contribution in [0.25, 0.3) is 0 Å². The summed E-state index contributed by atoms with van der Waals surface area (Å²) in [5.41, 5.74) is 0.544. The second-order valence-electron chi connectivity index (χ2n) is 6.48. The lowest BCUT2D eigenvalue weighted by atomic mass is 10.1. The minimum atomic E-state index is -0.396. The van der Waals surface area contributed by atoms with Gasteiger partial charge in [-0.2, -0.15) is 0 Å². The van der Waals surface area contributed by atoms with Crippen molar-refractivity contribution in [2.24, 2.45) is 0 Å². The van der Waals surface area contributed by atoms with E-state index in [1.807, 2.05) is 18.2 Å². The number of rotatable bonds is 3. The van der Waals surface area contributed by atoms with Crippen molar-refractivity contribution in [3.63, 3.8) is 0 Å². The molecule has 0 spiro atoms. The number of aromatic nitrogens is 1. The van der Waals surface area contributed by atoms with Gasteiger partial charge in [-0.05, 0) is 30.3 Å². The Labute approximate surface area is 157 Å². The first-order valence-corrected chi connectivity index (χ1v) is 9.04. The predicted octanol–water partition coefficient (Wildman–Crippen LogP) is 2.19. The first-order valence-electron chi connectivity index (χ1n) is 8.66. The van der Waals surface area contributed by atoms with Crippen LogP contribution < -0.4 is 9.80 Å². The third kappa shape index (κ3) is 3.18. The molecule has 2 saturated heterocycles. The maximum absolute atomic E-state index is 12.9. The smallest absolute Gasteiger partial charge is 0.251 e. The molecule has 2 aliphatic heterocycles. The Bertz CT molecular complexity index is 821. The van der Waals surface area contributed by atoms with Crippen LogP contribution in [-0.4, -0.2) is 53.9 Å². The molecule has 1 aromatic carbocycles. The van der Waals surface area contributed by atoms with E-state index in [0.29, 0.717) is 10.7 Å². The fourth-order valence-corrected chi connectivity index (χ4v) is 3.78. The van der Waals surface area contributed by atoms with Crippen LogP contribution in [0.2, 0.25) is 5.02 Å². The second kappa shape index (κ2) is 7.05. The summed E-state index contributed by atoms with van der Waals surface area (Å²) in [7, 11) is 0. The van der Waals surface area contributed by atoms with Crippen molar-refractivity contribution >= 4 is 34.9 Å². The van der Waals surface area contributed by atoms with Gasteiger partial charge in [0.25, 0.3) is 5.91 Å². The van der Waals surface area contributed by atoms with Gasteiger partial charge in [0.15, 0.2) is 0 Å². The molecule has 134 valence electrons. The Kier molecular flexibility index (Phi) is 4.61. The highest BCUT2D eigenvalue weighted by atomic mass is 35.5. The largest absolute Gasteiger partial charge is 0.354 e. The molecule has 0 unspecified atom stereocenters. The van der Waals surface area contributed by atoms with Crippen molar-refractivity contribution in [1.29, 1.82) is 0 Å². The number of pyridine rings is 1. The molecule has 0 aliphatic carbocycles. The maximum atomic E-state index is 12.9. The number of benzene rings is 1. The van der Waals surface area contributed by atoms with Crippen molar-refractivity contribution in [1.82, 2.24) is 9.88 Å². The van der Waals surface area contributed by atoms with Crippen LogP contribution in [0, 0.1) is 0 Å². The van der Waals surface area contributed by atoms with Crippen molar-refractivity contribution in [3.8, 4) is 0 Å². The zero-order chi connectivity index (χ0) is 18.1. The van der Waals surface area contributed by atoms with E-state index in [0.717, 1.165) is 32.0 Å². The highest BCUT2D eigenvalue weighted by molar-refractivity contribution is 6.31. The second-order valence-corrected chi connectivity index (χ2v) is 6.91. The van der Waals surface area contributed by atoms with E-state index >= 15 is 0 Å². The van der Waals surface area contributed by atoms with Crippen molar-refractivity contribution in [2.75, 3.05) is 36.0 Å². The van der Waals surface area contributed by atoms with Crippen LogP contribution in [-0.2, 0) is 9.59 Å². The Morgan fingerprint density at radius 1 is 1.00 bits per heavy atom. The maximum Gasteiger partial charge on any atom is 0.251 e. The molecule has 7 heteroatoms. The first kappa shape index (κ1) is 17.0. The van der Waals surface area contributed by atoms with Crippen LogP contribution >= 0.6 is 11.6 Å². The molecular weight excluding hydrogens is 352 g/mol. The number of nitrogens with zero attached hydrogens (tertiary/aromatic N) is 4. The lowest BCUT2D eigenvalue weighted by Gasteiger charge is -2.37. The fraction of sp³-hybridized carbons (Fsp3) is 0.316. The van der Waals surface area contributed by atoms with E-state index in [4.69, 9.17) is 11.6 Å². The standard InChI is InChI=1S/C19H19ClN4O2/c20-14-4-3-5-15(12-14)24-18(25)13-16(19(24)26)22-8-10-23(11-9-22)17-6-1-2-7-21-17/h1-7,12,16H,8-11,13H2/t16-/m0/s1. The number of imide groups is 1. The van der Waals surface area contributed by atoms with E-state index < -0.39 is 6.04 Å². The monoisotopic (exact) mass is 370 g/mol. The Hall–Kier alpha value is -2.44. The van der Waals surface area contributed by atoms with E-state index in [-0.39, 0.29) is 18.2 Å². The molecule has 2 aromatic rings. The topological polar surface area (TPSA) is 56.8 Å². The SMILES string of the molecule is O=C1C[C@H](N2CCN(c3ccccn3)CC2)C(=O)N1c1cccc(Cl)c1. The molecule has 26 heavy (non-hydrogen) atoms. The van der Waals surface area contributed by atoms with Gasteiger partial charge >= 0.3 is 0 Å². The summed E-state index contributed by atoms with van der Waals surface area (Å²) < 4.78 is 0. The van der Waals surface area contributed by atoms with Gasteiger partial charge in [0.05, 0.1) is 18.2 Å². The van der Waals surface area contributed by atoms with E-state index in [1.54, 1.807) is 30.5 Å². The molecule has 0 saturated carbocycles. The number of amides is 2. The van der Waals surface area contributed by atoms with Gasteiger partial charge in [-0.15, -0.1) is 0 Å². The number of carbonyl (C=O) groups is 2. The summed E-state index contributed by atoms with van der Waals surface area (Å²) in [5.74, 6) is 0.611. The zero-order valence-corrected chi connectivity index (χ0v) is 15.0. The minimum Gasteiger partial charge on any atom is -0.354 e. The van der Waals surface area contributed by atoms with Crippen LogP contribution in [0.4, 0.5) is 11.5 Å². The van der Waals surface area contributed by atoms with Gasteiger partial charge in [0.1, 0.15) is 5.82 Å². The number of halogens is 1. The molecule has 2 aliphatic rings. The van der Waals surface area contributed by atoms with Crippen molar-refractivity contribution in [2.45, 2.75) is 12.5 Å². The highest BCUT2D eigenvalue weighted by Crippen LogP contribution is 2.28. The Morgan fingerprint density at radius 2 is 1.81 bits per heavy atom. The quantitative estimate of drug-likeness (QED) is 0.775. The summed E-state index contributed by atoms with van der Waals surface area (Å²) in [6.07, 6.45) is 2.00. The third-order valence-corrected chi connectivity index (χ3v) is 5.15. The van der Waals surface area contributed by atoms with Crippen molar-refractivity contribution in [3.05, 3.63) is 53.7 Å². The fourth-order valence-electron chi connectivity index (χ4n) is 3.59. The summed E-state index contributed by atoms with van der Waals surface area (Å²) in [6, 6.07) is 12.3. The molecule has 2 fully saturated rings. The predicted molar refractivity (Wildman–Crippen MR) is 100 cm³/mol. The van der Waals surface area contributed by atoms with Crippen LogP contribution in [0.15, 0.2) is 48.7 Å². The summed E-state index contributed by atoms with van der Waals surface area (Å²) in [6.45, 7) is 3.02. The molecule has 6 nitrogen and oxygen atoms in total. The lowest BCUT2D eigenvalue weighted by molar-refractivity contribution is -0.123. The van der Waals surface area contributed by atoms with E-state index in [2.05, 4.69) is 14.8 Å². The molecule has 0 bridgehead atoms. The van der Waals surface area contributed by atoms with Gasteiger partial charge in [0.2, 0.25) is 5.91 Å². The van der Waals surface area contributed by atoms with Gasteiger partial charge in [-0.25, -0.2) is 9.88 Å². The highest BCUT2D eigenvalue weighted by Gasteiger charge is 2.43. The summed E-state index contributed by atoms with van der Waals surface area (Å²) >= 11 is 6.01.